The number of epoxide rings is 1. The second-order valence-electron chi connectivity index (χ2n) is 9.26. The van der Waals surface area contributed by atoms with E-state index in [1.54, 1.807) is 24.3 Å². The first kappa shape index (κ1) is 25.2. The Kier molecular flexibility index (Phi) is 6.87. The molecule has 3 heterocycles. The van der Waals surface area contributed by atoms with Crippen LogP contribution in [0.5, 0.6) is 11.5 Å². The van der Waals surface area contributed by atoms with Crippen LogP contribution in [0.15, 0.2) is 36.8 Å². The molecule has 12 heteroatoms. The van der Waals surface area contributed by atoms with Crippen molar-refractivity contribution in [1.82, 2.24) is 0 Å². The van der Waals surface area contributed by atoms with Gasteiger partial charge in [-0.25, -0.2) is 0 Å². The molecule has 0 unspecified atom stereocenters. The highest BCUT2D eigenvalue weighted by atomic mass is 16.8. The number of aliphatic hydroxyl groups is 5. The molecule has 6 N–H and O–H groups in total. The third kappa shape index (κ3) is 4.13. The summed E-state index contributed by atoms with van der Waals surface area (Å²) < 4.78 is 34.0. The third-order valence-electron chi connectivity index (χ3n) is 7.30. The average Bonchev–Trinajstić information content (AvgIpc) is 3.56. The summed E-state index contributed by atoms with van der Waals surface area (Å²) in [5.41, 5.74) is -0.273. The van der Waals surface area contributed by atoms with Crippen LogP contribution < -0.4 is 4.74 Å². The van der Waals surface area contributed by atoms with Crippen LogP contribution >= 0.6 is 0 Å². The molecular weight excluding hydrogens is 480 g/mol. The maximum atomic E-state index is 10.4. The number of fused-ring (bicyclic) bond motifs is 3. The largest absolute Gasteiger partial charge is 0.504 e. The quantitative estimate of drug-likeness (QED) is 0.182. The van der Waals surface area contributed by atoms with Crippen molar-refractivity contribution in [2.75, 3.05) is 20.3 Å². The second kappa shape index (κ2) is 9.80. The number of phenols is 1. The molecule has 0 radical (unpaired) electrons. The topological polar surface area (TPSA) is 180 Å². The Balaban J connectivity index is 1.31. The Morgan fingerprint density at radius 1 is 1.08 bits per heavy atom. The molecule has 1 aromatic rings. The molecule has 36 heavy (non-hydrogen) atoms. The molecule has 3 aliphatic heterocycles. The zero-order valence-corrected chi connectivity index (χ0v) is 19.4. The van der Waals surface area contributed by atoms with Gasteiger partial charge < -0.3 is 59.1 Å². The van der Waals surface area contributed by atoms with Crippen LogP contribution in [0.25, 0.3) is 6.08 Å². The first-order valence-electron chi connectivity index (χ1n) is 11.6. The smallest absolute Gasteiger partial charge is 0.208 e. The molecule has 0 bridgehead atoms. The van der Waals surface area contributed by atoms with Gasteiger partial charge in [0.1, 0.15) is 42.2 Å². The molecule has 0 spiro atoms. The van der Waals surface area contributed by atoms with E-state index in [1.165, 1.54) is 25.7 Å². The molecule has 3 fully saturated rings. The number of hydrogen-bond acceptors (Lipinski definition) is 12. The highest BCUT2D eigenvalue weighted by Crippen LogP contribution is 2.60. The van der Waals surface area contributed by atoms with Crippen molar-refractivity contribution in [2.45, 2.75) is 54.8 Å². The van der Waals surface area contributed by atoms with E-state index in [2.05, 4.69) is 0 Å². The highest BCUT2D eigenvalue weighted by Gasteiger charge is 2.77. The summed E-state index contributed by atoms with van der Waals surface area (Å²) in [5, 5.41) is 59.8. The lowest BCUT2D eigenvalue weighted by molar-refractivity contribution is -0.344. The number of hydrogen-bond donors (Lipinski definition) is 6. The molecule has 0 aromatic heterocycles. The van der Waals surface area contributed by atoms with Gasteiger partial charge >= 0.3 is 0 Å². The summed E-state index contributed by atoms with van der Waals surface area (Å²) in [6.07, 6.45) is -2.84. The van der Waals surface area contributed by atoms with Crippen LogP contribution in [0.1, 0.15) is 5.56 Å². The van der Waals surface area contributed by atoms with E-state index in [0.29, 0.717) is 5.75 Å². The maximum Gasteiger partial charge on any atom is 0.208 e. The first-order chi connectivity index (χ1) is 17.3. The molecule has 5 rings (SSSR count). The molecule has 12 nitrogen and oxygen atoms in total. The summed E-state index contributed by atoms with van der Waals surface area (Å²) in [4.78, 5) is 0. The van der Waals surface area contributed by atoms with E-state index < -0.39 is 67.3 Å². The van der Waals surface area contributed by atoms with E-state index in [9.17, 15) is 30.6 Å². The normalized spacial score (nSPS) is 43.1. The van der Waals surface area contributed by atoms with Crippen LogP contribution in [0, 0.1) is 11.8 Å². The Morgan fingerprint density at radius 3 is 2.61 bits per heavy atom. The summed E-state index contributed by atoms with van der Waals surface area (Å²) in [6.45, 7) is -0.924. The molecule has 1 saturated carbocycles. The maximum absolute atomic E-state index is 10.4. The van der Waals surface area contributed by atoms with Crippen molar-refractivity contribution in [1.29, 1.82) is 0 Å². The van der Waals surface area contributed by atoms with Crippen molar-refractivity contribution in [3.63, 3.8) is 0 Å². The van der Waals surface area contributed by atoms with E-state index in [1.807, 2.05) is 0 Å². The Morgan fingerprint density at radius 2 is 1.89 bits per heavy atom. The summed E-state index contributed by atoms with van der Waals surface area (Å²) in [7, 11) is 1.46. The molecule has 11 atom stereocenters. The van der Waals surface area contributed by atoms with Gasteiger partial charge in [0.25, 0.3) is 0 Å². The SMILES string of the molecule is COc1cc(/C=C/O[C@H]2[C@@H]3C=CO[C@@H](O[C@@H]4O[C@H](CO)[C@@H](O)[C@H](O)[C@H]4O)[C@@H]3[C@]3(CO)O[C@@H]23)ccc1O. The Labute approximate surface area is 206 Å². The minimum atomic E-state index is -1.60. The molecule has 1 aliphatic carbocycles. The van der Waals surface area contributed by atoms with Crippen molar-refractivity contribution in [3.8, 4) is 11.5 Å². The fourth-order valence-electron chi connectivity index (χ4n) is 5.32. The number of ether oxygens (including phenoxy) is 6. The fraction of sp³-hybridized carbons (Fsp3) is 0.583. The molecule has 1 aromatic carbocycles. The standard InChI is InChI=1S/C24H30O12/c1-31-14-8-11(2-3-13(14)27)4-6-32-20-12-5-7-33-22(16(12)24(10-26)21(20)36-24)35-23-19(30)18(29)17(28)15(9-25)34-23/h2-8,12,15-23,25-30H,9-10H2,1H3/b6-4+/t12-,15-,16-,17-,18+,19-,20+,21+,22+,23+,24+/m1/s1. The van der Waals surface area contributed by atoms with Crippen molar-refractivity contribution < 1.29 is 59.1 Å². The van der Waals surface area contributed by atoms with E-state index in [-0.39, 0.29) is 18.3 Å². The molecule has 4 aliphatic rings. The zero-order chi connectivity index (χ0) is 25.6. The number of methoxy groups -OCH3 is 1. The van der Waals surface area contributed by atoms with Crippen LogP contribution in [0.3, 0.4) is 0 Å². The minimum absolute atomic E-state index is 0.0195. The lowest BCUT2D eigenvalue weighted by Gasteiger charge is -2.43. The van der Waals surface area contributed by atoms with E-state index in [0.717, 1.165) is 5.56 Å². The van der Waals surface area contributed by atoms with Gasteiger partial charge in [0, 0.05) is 5.92 Å². The highest BCUT2D eigenvalue weighted by molar-refractivity contribution is 5.54. The van der Waals surface area contributed by atoms with Crippen molar-refractivity contribution in [3.05, 3.63) is 42.4 Å². The monoisotopic (exact) mass is 510 g/mol. The van der Waals surface area contributed by atoms with Gasteiger partial charge in [-0.15, -0.1) is 0 Å². The number of rotatable bonds is 8. The second-order valence-corrected chi connectivity index (χ2v) is 9.26. The van der Waals surface area contributed by atoms with Crippen LogP contribution in [0.4, 0.5) is 0 Å². The summed E-state index contributed by atoms with van der Waals surface area (Å²) in [6, 6.07) is 4.85. The summed E-state index contributed by atoms with van der Waals surface area (Å²) >= 11 is 0. The van der Waals surface area contributed by atoms with Crippen molar-refractivity contribution >= 4 is 6.08 Å². The lowest BCUT2D eigenvalue weighted by atomic mass is 9.85. The van der Waals surface area contributed by atoms with Gasteiger partial charge in [-0.3, -0.25) is 0 Å². The molecule has 2 saturated heterocycles. The van der Waals surface area contributed by atoms with Crippen LogP contribution in [0.2, 0.25) is 0 Å². The molecule has 198 valence electrons. The van der Waals surface area contributed by atoms with Gasteiger partial charge in [-0.05, 0) is 29.8 Å². The lowest BCUT2D eigenvalue weighted by Crippen LogP contribution is -2.60. The number of phenolic OH excluding ortho intramolecular Hbond substituents is 1. The fourth-order valence-corrected chi connectivity index (χ4v) is 5.32. The number of aliphatic hydroxyl groups excluding tert-OH is 5. The molecule has 0 amide bonds. The first-order valence-corrected chi connectivity index (χ1v) is 11.6. The molecular formula is C24H30O12. The zero-order valence-electron chi connectivity index (χ0n) is 19.4. The number of aromatic hydroxyl groups is 1. The van der Waals surface area contributed by atoms with E-state index >= 15 is 0 Å². The predicted molar refractivity (Wildman–Crippen MR) is 119 cm³/mol. The Hall–Kier alpha value is -2.42. The Bertz CT molecular complexity index is 997. The van der Waals surface area contributed by atoms with Gasteiger partial charge in [-0.1, -0.05) is 6.07 Å². The third-order valence-corrected chi connectivity index (χ3v) is 7.30. The average molecular weight is 510 g/mol. The minimum Gasteiger partial charge on any atom is -0.504 e. The van der Waals surface area contributed by atoms with Gasteiger partial charge in [-0.2, -0.15) is 0 Å². The van der Waals surface area contributed by atoms with Crippen molar-refractivity contribution in [2.24, 2.45) is 11.8 Å². The van der Waals surface area contributed by atoms with Crippen LogP contribution in [-0.4, -0.2) is 106 Å². The van der Waals surface area contributed by atoms with Gasteiger partial charge in [0.15, 0.2) is 17.8 Å². The van der Waals surface area contributed by atoms with Gasteiger partial charge in [0.2, 0.25) is 6.29 Å². The predicted octanol–water partition coefficient (Wildman–Crippen LogP) is -1.18. The van der Waals surface area contributed by atoms with Crippen LogP contribution in [-0.2, 0) is 23.7 Å². The van der Waals surface area contributed by atoms with E-state index in [4.69, 9.17) is 28.4 Å². The summed E-state index contributed by atoms with van der Waals surface area (Å²) in [5.74, 6) is -0.495. The number of benzene rings is 1. The van der Waals surface area contributed by atoms with Gasteiger partial charge in [0.05, 0.1) is 38.8 Å².